The molecule has 1 aliphatic rings. The molecule has 0 aliphatic carbocycles. The molecule has 1 aliphatic heterocycles. The van der Waals surface area contributed by atoms with E-state index in [4.69, 9.17) is 0 Å². The van der Waals surface area contributed by atoms with Crippen molar-refractivity contribution in [3.8, 4) is 0 Å². The lowest BCUT2D eigenvalue weighted by Crippen LogP contribution is -2.31. The second-order valence-corrected chi connectivity index (χ2v) is 8.10. The Morgan fingerprint density at radius 3 is 1.90 bits per heavy atom. The monoisotopic (exact) mass is 400 g/mol. The molecule has 3 aromatic rings. The maximum atomic E-state index is 13.5. The van der Waals surface area contributed by atoms with Gasteiger partial charge >= 0.3 is 0 Å². The molecule has 0 aromatic heterocycles. The number of carbonyl (C=O) groups is 1. The van der Waals surface area contributed by atoms with Crippen LogP contribution in [0.3, 0.4) is 0 Å². The minimum Gasteiger partial charge on any atom is -0.351 e. The molecule has 0 fully saturated rings. The van der Waals surface area contributed by atoms with Crippen LogP contribution >= 0.6 is 0 Å². The Labute approximate surface area is 176 Å². The Bertz CT molecular complexity index is 1110. The van der Waals surface area contributed by atoms with Crippen LogP contribution in [0.25, 0.3) is 0 Å². The zero-order valence-corrected chi connectivity index (χ0v) is 17.7. The van der Waals surface area contributed by atoms with Crippen LogP contribution < -0.4 is 10.2 Å². The lowest BCUT2D eigenvalue weighted by atomic mass is 10.0. The summed E-state index contributed by atoms with van der Waals surface area (Å²) in [5.41, 5.74) is 7.54. The van der Waals surface area contributed by atoms with Crippen molar-refractivity contribution >= 4 is 17.3 Å². The van der Waals surface area contributed by atoms with Gasteiger partial charge < -0.3 is 5.32 Å². The third kappa shape index (κ3) is 3.99. The van der Waals surface area contributed by atoms with Crippen LogP contribution in [0.4, 0.5) is 15.8 Å². The van der Waals surface area contributed by atoms with Gasteiger partial charge in [-0.25, -0.2) is 4.39 Å². The molecule has 0 saturated heterocycles. The third-order valence-corrected chi connectivity index (χ3v) is 5.25. The molecule has 1 N–H and O–H groups in total. The molecular weight excluding hydrogens is 375 g/mol. The standard InChI is InChI=1S/C26H25FN2O/c1-16-9-17(2)12-22(11-16)28-24-15-25(20-5-7-21(27)8-6-20)29(26(24)30)23-13-18(3)10-19(4)14-23/h5-15,25,28H,1-4H3/t25-/m0/s1. The highest BCUT2D eigenvalue weighted by atomic mass is 19.1. The normalized spacial score (nSPS) is 16.0. The molecule has 1 atom stereocenters. The summed E-state index contributed by atoms with van der Waals surface area (Å²) in [5, 5.41) is 3.31. The smallest absolute Gasteiger partial charge is 0.275 e. The number of halogens is 1. The van der Waals surface area contributed by atoms with Gasteiger partial charge in [-0.05, 0) is 98.0 Å². The van der Waals surface area contributed by atoms with Crippen molar-refractivity contribution in [1.82, 2.24) is 0 Å². The fraction of sp³-hybridized carbons (Fsp3) is 0.192. The Morgan fingerprint density at radius 1 is 0.800 bits per heavy atom. The maximum absolute atomic E-state index is 13.5. The van der Waals surface area contributed by atoms with E-state index in [0.717, 1.165) is 39.2 Å². The van der Waals surface area contributed by atoms with Gasteiger partial charge in [0, 0.05) is 11.4 Å². The zero-order chi connectivity index (χ0) is 21.4. The largest absolute Gasteiger partial charge is 0.351 e. The van der Waals surface area contributed by atoms with Gasteiger partial charge in [0.15, 0.2) is 0 Å². The van der Waals surface area contributed by atoms with E-state index < -0.39 is 0 Å². The van der Waals surface area contributed by atoms with Gasteiger partial charge in [0.25, 0.3) is 5.91 Å². The SMILES string of the molecule is Cc1cc(C)cc(NC2=C[C@@H](c3ccc(F)cc3)N(c3cc(C)cc(C)c3)C2=O)c1. The summed E-state index contributed by atoms with van der Waals surface area (Å²) in [4.78, 5) is 15.3. The number of aryl methyl sites for hydroxylation is 4. The van der Waals surface area contributed by atoms with Crippen molar-refractivity contribution in [3.63, 3.8) is 0 Å². The van der Waals surface area contributed by atoms with Crippen LogP contribution in [0, 0.1) is 33.5 Å². The lowest BCUT2D eigenvalue weighted by molar-refractivity contribution is -0.114. The molecular formula is C26H25FN2O. The molecule has 0 unspecified atom stereocenters. The number of rotatable bonds is 4. The first-order valence-corrected chi connectivity index (χ1v) is 10.0. The molecule has 0 radical (unpaired) electrons. The number of nitrogens with zero attached hydrogens (tertiary/aromatic N) is 1. The second-order valence-electron chi connectivity index (χ2n) is 8.10. The van der Waals surface area contributed by atoms with Gasteiger partial charge in [0.05, 0.1) is 6.04 Å². The van der Waals surface area contributed by atoms with Crippen molar-refractivity contribution in [2.45, 2.75) is 33.7 Å². The summed E-state index contributed by atoms with van der Waals surface area (Å²) < 4.78 is 13.5. The molecule has 1 heterocycles. The van der Waals surface area contributed by atoms with Crippen LogP contribution in [0.2, 0.25) is 0 Å². The van der Waals surface area contributed by atoms with E-state index in [1.807, 2.05) is 58.0 Å². The molecule has 3 aromatic carbocycles. The number of anilines is 2. The third-order valence-electron chi connectivity index (χ3n) is 5.25. The minimum atomic E-state index is -0.312. The van der Waals surface area contributed by atoms with Crippen molar-refractivity contribution in [1.29, 1.82) is 0 Å². The fourth-order valence-corrected chi connectivity index (χ4v) is 4.13. The average molecular weight is 400 g/mol. The Kier molecular flexibility index (Phi) is 5.17. The Balaban J connectivity index is 1.77. The number of hydrogen-bond acceptors (Lipinski definition) is 2. The first-order chi connectivity index (χ1) is 14.3. The summed E-state index contributed by atoms with van der Waals surface area (Å²) in [6.45, 7) is 8.11. The number of carbonyl (C=O) groups excluding carboxylic acids is 1. The van der Waals surface area contributed by atoms with Gasteiger partial charge in [0.1, 0.15) is 11.5 Å². The van der Waals surface area contributed by atoms with Crippen molar-refractivity contribution < 1.29 is 9.18 Å². The predicted octanol–water partition coefficient (Wildman–Crippen LogP) is 6.14. The molecule has 0 bridgehead atoms. The summed E-state index contributed by atoms with van der Waals surface area (Å²) in [6, 6.07) is 18.3. The second kappa shape index (κ2) is 7.79. The molecule has 3 nitrogen and oxygen atoms in total. The van der Waals surface area contributed by atoms with E-state index in [1.54, 1.807) is 17.0 Å². The number of amides is 1. The lowest BCUT2D eigenvalue weighted by Gasteiger charge is -2.26. The minimum absolute atomic E-state index is 0.103. The highest BCUT2D eigenvalue weighted by Gasteiger charge is 2.35. The molecule has 4 heteroatoms. The summed E-state index contributed by atoms with van der Waals surface area (Å²) >= 11 is 0. The highest BCUT2D eigenvalue weighted by Crippen LogP contribution is 2.37. The Morgan fingerprint density at radius 2 is 1.33 bits per heavy atom. The molecule has 0 saturated carbocycles. The molecule has 4 rings (SSSR count). The van der Waals surface area contributed by atoms with Crippen molar-refractivity contribution in [3.05, 3.63) is 106 Å². The van der Waals surface area contributed by atoms with Crippen LogP contribution in [0.1, 0.15) is 33.9 Å². The summed E-state index contributed by atoms with van der Waals surface area (Å²) in [7, 11) is 0. The zero-order valence-electron chi connectivity index (χ0n) is 17.7. The fourth-order valence-electron chi connectivity index (χ4n) is 4.13. The first kappa shape index (κ1) is 19.9. The molecule has 1 amide bonds. The van der Waals surface area contributed by atoms with Crippen molar-refractivity contribution in [2.24, 2.45) is 0 Å². The molecule has 30 heavy (non-hydrogen) atoms. The van der Waals surface area contributed by atoms with E-state index in [0.29, 0.717) is 5.70 Å². The first-order valence-electron chi connectivity index (χ1n) is 10.0. The number of hydrogen-bond donors (Lipinski definition) is 1. The van der Waals surface area contributed by atoms with Crippen molar-refractivity contribution in [2.75, 3.05) is 10.2 Å². The van der Waals surface area contributed by atoms with Gasteiger partial charge in [-0.1, -0.05) is 24.3 Å². The summed E-state index contributed by atoms with van der Waals surface area (Å²) in [6.07, 6.45) is 1.92. The van der Waals surface area contributed by atoms with Gasteiger partial charge in [-0.2, -0.15) is 0 Å². The number of nitrogens with one attached hydrogen (secondary N) is 1. The topological polar surface area (TPSA) is 32.3 Å². The van der Waals surface area contributed by atoms with Crippen LogP contribution in [-0.4, -0.2) is 5.91 Å². The van der Waals surface area contributed by atoms with E-state index >= 15 is 0 Å². The van der Waals surface area contributed by atoms with E-state index in [1.165, 1.54) is 12.1 Å². The van der Waals surface area contributed by atoms with Crippen LogP contribution in [0.5, 0.6) is 0 Å². The van der Waals surface area contributed by atoms with Gasteiger partial charge in [-0.15, -0.1) is 0 Å². The maximum Gasteiger partial charge on any atom is 0.275 e. The molecule has 0 spiro atoms. The molecule has 152 valence electrons. The quantitative estimate of drug-likeness (QED) is 0.570. The van der Waals surface area contributed by atoms with E-state index in [9.17, 15) is 9.18 Å². The van der Waals surface area contributed by atoms with E-state index in [-0.39, 0.29) is 17.8 Å². The Hall–Kier alpha value is -3.40. The van der Waals surface area contributed by atoms with E-state index in [2.05, 4.69) is 17.4 Å². The average Bonchev–Trinajstić information content (AvgIpc) is 2.97. The van der Waals surface area contributed by atoms with Crippen LogP contribution in [-0.2, 0) is 4.79 Å². The van der Waals surface area contributed by atoms with Gasteiger partial charge in [0.2, 0.25) is 0 Å². The van der Waals surface area contributed by atoms with Crippen LogP contribution in [0.15, 0.2) is 72.4 Å². The summed E-state index contributed by atoms with van der Waals surface area (Å²) in [5.74, 6) is -0.396. The predicted molar refractivity (Wildman–Crippen MR) is 120 cm³/mol. The van der Waals surface area contributed by atoms with Gasteiger partial charge in [-0.3, -0.25) is 9.69 Å². The highest BCUT2D eigenvalue weighted by molar-refractivity contribution is 6.11. The number of benzene rings is 3.